The van der Waals surface area contributed by atoms with Crippen LogP contribution in [-0.2, 0) is 16.0 Å². The summed E-state index contributed by atoms with van der Waals surface area (Å²) < 4.78 is 0. The van der Waals surface area contributed by atoms with Gasteiger partial charge in [0.1, 0.15) is 0 Å². The van der Waals surface area contributed by atoms with Gasteiger partial charge in [-0.15, -0.1) is 0 Å². The van der Waals surface area contributed by atoms with Crippen molar-refractivity contribution in [2.24, 2.45) is 5.92 Å². The van der Waals surface area contributed by atoms with Crippen LogP contribution < -0.4 is 5.32 Å². The summed E-state index contributed by atoms with van der Waals surface area (Å²) in [5.74, 6) is 0.0106. The van der Waals surface area contributed by atoms with Crippen molar-refractivity contribution in [3.63, 3.8) is 0 Å². The van der Waals surface area contributed by atoms with Crippen LogP contribution in [0.1, 0.15) is 25.3 Å². The van der Waals surface area contributed by atoms with E-state index in [1.54, 1.807) is 11.8 Å². The summed E-state index contributed by atoms with van der Waals surface area (Å²) in [5.41, 5.74) is 1.11. The molecule has 0 spiro atoms. The van der Waals surface area contributed by atoms with Crippen molar-refractivity contribution in [3.8, 4) is 0 Å². The van der Waals surface area contributed by atoms with Crippen molar-refractivity contribution in [2.75, 3.05) is 19.6 Å². The first-order chi connectivity index (χ1) is 10.1. The minimum Gasteiger partial charge on any atom is -0.355 e. The van der Waals surface area contributed by atoms with E-state index in [4.69, 9.17) is 11.6 Å². The first-order valence-electron chi connectivity index (χ1n) is 7.34. The molecule has 1 fully saturated rings. The lowest BCUT2D eigenvalue weighted by Gasteiger charge is -2.31. The number of hydrogen-bond acceptors (Lipinski definition) is 2. The highest BCUT2D eigenvalue weighted by molar-refractivity contribution is 6.30. The maximum Gasteiger partial charge on any atom is 0.224 e. The van der Waals surface area contributed by atoms with Crippen LogP contribution in [-0.4, -0.2) is 36.3 Å². The predicted octanol–water partition coefficient (Wildman–Crippen LogP) is 2.26. The van der Waals surface area contributed by atoms with Crippen molar-refractivity contribution in [3.05, 3.63) is 34.9 Å². The van der Waals surface area contributed by atoms with Gasteiger partial charge in [-0.05, 0) is 37.0 Å². The summed E-state index contributed by atoms with van der Waals surface area (Å²) >= 11 is 5.93. The lowest BCUT2D eigenvalue weighted by atomic mass is 9.97. The third-order valence-corrected chi connectivity index (χ3v) is 4.07. The van der Waals surface area contributed by atoms with Gasteiger partial charge in [0.05, 0.1) is 5.92 Å². The van der Waals surface area contributed by atoms with Gasteiger partial charge in [-0.3, -0.25) is 9.59 Å². The number of piperidine rings is 1. The standard InChI is InChI=1S/C16H21ClN2O2/c1-12(20)19-9-3-5-14(11-19)16(21)18-8-7-13-4-2-6-15(17)10-13/h2,4,6,10,14H,3,5,7-9,11H2,1H3,(H,18,21). The number of likely N-dealkylation sites (tertiary alicyclic amines) is 1. The summed E-state index contributed by atoms with van der Waals surface area (Å²) in [6.07, 6.45) is 2.51. The third-order valence-electron chi connectivity index (χ3n) is 3.84. The molecule has 0 aliphatic carbocycles. The fraction of sp³-hybridized carbons (Fsp3) is 0.500. The molecule has 4 nitrogen and oxygen atoms in total. The molecule has 0 aromatic heterocycles. The molecule has 2 amide bonds. The van der Waals surface area contributed by atoms with E-state index in [9.17, 15) is 9.59 Å². The number of halogens is 1. The SMILES string of the molecule is CC(=O)N1CCCC(C(=O)NCCc2cccc(Cl)c2)C1. The zero-order valence-electron chi connectivity index (χ0n) is 12.3. The van der Waals surface area contributed by atoms with E-state index < -0.39 is 0 Å². The normalized spacial score (nSPS) is 18.4. The number of carbonyl (C=O) groups is 2. The Labute approximate surface area is 130 Å². The van der Waals surface area contributed by atoms with Crippen molar-refractivity contribution in [1.29, 1.82) is 0 Å². The molecule has 2 rings (SSSR count). The van der Waals surface area contributed by atoms with Crippen LogP contribution in [0, 0.1) is 5.92 Å². The van der Waals surface area contributed by atoms with Gasteiger partial charge in [0.2, 0.25) is 11.8 Å². The quantitative estimate of drug-likeness (QED) is 0.927. The lowest BCUT2D eigenvalue weighted by molar-refractivity contribution is -0.133. The van der Waals surface area contributed by atoms with Crippen LogP contribution in [0.15, 0.2) is 24.3 Å². The lowest BCUT2D eigenvalue weighted by Crippen LogP contribution is -2.45. The Morgan fingerprint density at radius 1 is 1.43 bits per heavy atom. The molecule has 1 saturated heterocycles. The van der Waals surface area contributed by atoms with Gasteiger partial charge in [0.25, 0.3) is 0 Å². The van der Waals surface area contributed by atoms with E-state index in [0.29, 0.717) is 18.1 Å². The Bertz CT molecular complexity index is 519. The monoisotopic (exact) mass is 308 g/mol. The first kappa shape index (κ1) is 15.8. The first-order valence-corrected chi connectivity index (χ1v) is 7.71. The molecule has 0 saturated carbocycles. The molecule has 1 aromatic rings. The molecule has 0 radical (unpaired) electrons. The smallest absolute Gasteiger partial charge is 0.224 e. The van der Waals surface area contributed by atoms with Gasteiger partial charge in [-0.2, -0.15) is 0 Å². The molecule has 114 valence electrons. The van der Waals surface area contributed by atoms with E-state index in [1.165, 1.54) is 0 Å². The number of nitrogens with zero attached hydrogens (tertiary/aromatic N) is 1. The van der Waals surface area contributed by atoms with Gasteiger partial charge in [-0.25, -0.2) is 0 Å². The van der Waals surface area contributed by atoms with Crippen molar-refractivity contribution >= 4 is 23.4 Å². The van der Waals surface area contributed by atoms with Gasteiger partial charge in [0.15, 0.2) is 0 Å². The summed E-state index contributed by atoms with van der Waals surface area (Å²) in [6, 6.07) is 7.65. The molecule has 1 N–H and O–H groups in total. The highest BCUT2D eigenvalue weighted by Gasteiger charge is 2.26. The fourth-order valence-corrected chi connectivity index (χ4v) is 2.86. The molecule has 1 aliphatic heterocycles. The molecule has 1 atom stereocenters. The second-order valence-corrected chi connectivity index (χ2v) is 5.91. The predicted molar refractivity (Wildman–Crippen MR) is 83.1 cm³/mol. The third kappa shape index (κ3) is 4.74. The molecule has 5 heteroatoms. The largest absolute Gasteiger partial charge is 0.355 e. The van der Waals surface area contributed by atoms with Gasteiger partial charge in [-0.1, -0.05) is 23.7 Å². The van der Waals surface area contributed by atoms with E-state index in [-0.39, 0.29) is 17.7 Å². The van der Waals surface area contributed by atoms with Crippen LogP contribution in [0.2, 0.25) is 5.02 Å². The molecule has 21 heavy (non-hydrogen) atoms. The van der Waals surface area contributed by atoms with Crippen LogP contribution in [0.5, 0.6) is 0 Å². The Morgan fingerprint density at radius 2 is 2.24 bits per heavy atom. The molecule has 0 bridgehead atoms. The Balaban J connectivity index is 1.78. The number of nitrogens with one attached hydrogen (secondary N) is 1. The summed E-state index contributed by atoms with van der Waals surface area (Å²) in [7, 11) is 0. The Morgan fingerprint density at radius 3 is 2.95 bits per heavy atom. The summed E-state index contributed by atoms with van der Waals surface area (Å²) in [5, 5.41) is 3.67. The highest BCUT2D eigenvalue weighted by Crippen LogP contribution is 2.16. The van der Waals surface area contributed by atoms with Crippen LogP contribution in [0.3, 0.4) is 0 Å². The average Bonchev–Trinajstić information content (AvgIpc) is 2.47. The number of amides is 2. The number of carbonyl (C=O) groups excluding carboxylic acids is 2. The topological polar surface area (TPSA) is 49.4 Å². The molecule has 1 heterocycles. The van der Waals surface area contributed by atoms with Gasteiger partial charge in [0, 0.05) is 31.6 Å². The Hall–Kier alpha value is -1.55. The molecular formula is C16H21ClN2O2. The van der Waals surface area contributed by atoms with E-state index in [2.05, 4.69) is 5.32 Å². The number of rotatable bonds is 4. The van der Waals surface area contributed by atoms with Crippen LogP contribution in [0.25, 0.3) is 0 Å². The fourth-order valence-electron chi connectivity index (χ4n) is 2.64. The molecule has 1 aliphatic rings. The second-order valence-electron chi connectivity index (χ2n) is 5.48. The van der Waals surface area contributed by atoms with Gasteiger partial charge >= 0.3 is 0 Å². The summed E-state index contributed by atoms with van der Waals surface area (Å²) in [6.45, 7) is 3.45. The van der Waals surface area contributed by atoms with Gasteiger partial charge < -0.3 is 10.2 Å². The van der Waals surface area contributed by atoms with Crippen molar-refractivity contribution in [2.45, 2.75) is 26.2 Å². The minimum absolute atomic E-state index is 0.0444. The highest BCUT2D eigenvalue weighted by atomic mass is 35.5. The number of benzene rings is 1. The summed E-state index contributed by atoms with van der Waals surface area (Å²) in [4.78, 5) is 25.3. The average molecular weight is 309 g/mol. The van der Waals surface area contributed by atoms with Crippen molar-refractivity contribution < 1.29 is 9.59 Å². The zero-order chi connectivity index (χ0) is 15.2. The number of hydrogen-bond donors (Lipinski definition) is 1. The van der Waals surface area contributed by atoms with E-state index in [1.807, 2.05) is 24.3 Å². The maximum absolute atomic E-state index is 12.1. The van der Waals surface area contributed by atoms with Crippen molar-refractivity contribution in [1.82, 2.24) is 10.2 Å². The zero-order valence-corrected chi connectivity index (χ0v) is 13.0. The Kier molecular flexibility index (Phi) is 5.62. The van der Waals surface area contributed by atoms with E-state index in [0.717, 1.165) is 31.4 Å². The van der Waals surface area contributed by atoms with Crippen LogP contribution >= 0.6 is 11.6 Å². The molecule has 1 unspecified atom stereocenters. The maximum atomic E-state index is 12.1. The minimum atomic E-state index is -0.0815. The molecular weight excluding hydrogens is 288 g/mol. The molecule has 1 aromatic carbocycles. The van der Waals surface area contributed by atoms with E-state index >= 15 is 0 Å². The second kappa shape index (κ2) is 7.46. The van der Waals surface area contributed by atoms with Crippen LogP contribution in [0.4, 0.5) is 0 Å².